The number of carbonyl (C=O) groups excluding carboxylic acids is 1. The Morgan fingerprint density at radius 3 is 2.17 bits per heavy atom. The van der Waals surface area contributed by atoms with E-state index in [0.29, 0.717) is 74.6 Å². The molecule has 1 amide bonds. The normalized spacial score (nSPS) is 21.7. The molecule has 4 rings (SSSR count). The van der Waals surface area contributed by atoms with Crippen LogP contribution in [0.2, 0.25) is 5.02 Å². The van der Waals surface area contributed by atoms with Crippen molar-refractivity contribution in [3.05, 3.63) is 22.7 Å². The van der Waals surface area contributed by atoms with Crippen molar-refractivity contribution in [1.29, 1.82) is 0 Å². The second-order valence-electron chi connectivity index (χ2n) is 7.85. The lowest BCUT2D eigenvalue weighted by Gasteiger charge is -2.36. The maximum atomic E-state index is 13.0. The van der Waals surface area contributed by atoms with E-state index in [-0.39, 0.29) is 5.91 Å². The summed E-state index contributed by atoms with van der Waals surface area (Å²) in [5.41, 5.74) is 0.424. The van der Waals surface area contributed by atoms with Crippen molar-refractivity contribution in [3.63, 3.8) is 0 Å². The van der Waals surface area contributed by atoms with Gasteiger partial charge < -0.3 is 14.4 Å². The van der Waals surface area contributed by atoms with Gasteiger partial charge in [0.2, 0.25) is 0 Å². The van der Waals surface area contributed by atoms with E-state index in [9.17, 15) is 13.2 Å². The molecule has 2 saturated heterocycles. The molecule has 3 heterocycles. The van der Waals surface area contributed by atoms with Gasteiger partial charge in [-0.15, -0.1) is 0 Å². The molecule has 1 aromatic carbocycles. The number of fused-ring (bicyclic) bond motifs is 1. The first kappa shape index (κ1) is 21.7. The molecule has 166 valence electrons. The summed E-state index contributed by atoms with van der Waals surface area (Å²) in [6.45, 7) is 3.47. The van der Waals surface area contributed by atoms with Crippen LogP contribution in [0.3, 0.4) is 0 Å². The average molecular weight is 458 g/mol. The van der Waals surface area contributed by atoms with Gasteiger partial charge in [-0.2, -0.15) is 17.0 Å². The third kappa shape index (κ3) is 4.54. The summed E-state index contributed by atoms with van der Waals surface area (Å²) in [6.07, 6.45) is 4.71. The smallest absolute Gasteiger partial charge is 0.282 e. The molecule has 10 heteroatoms. The molecule has 0 atom stereocenters. The van der Waals surface area contributed by atoms with Crippen LogP contribution in [0.5, 0.6) is 11.5 Å². The molecule has 30 heavy (non-hydrogen) atoms. The molecule has 3 aliphatic heterocycles. The molecule has 0 unspecified atom stereocenters. The number of amides is 1. The van der Waals surface area contributed by atoms with Crippen LogP contribution in [0.15, 0.2) is 12.1 Å². The minimum absolute atomic E-state index is 0.181. The number of rotatable bonds is 3. The van der Waals surface area contributed by atoms with Crippen molar-refractivity contribution in [2.24, 2.45) is 0 Å². The Bertz CT molecular complexity index is 879. The first-order valence-electron chi connectivity index (χ1n) is 10.6. The number of piperazine rings is 1. The fourth-order valence-corrected chi connectivity index (χ4v) is 6.03. The largest absolute Gasteiger partial charge is 0.489 e. The predicted molar refractivity (Wildman–Crippen MR) is 113 cm³/mol. The Balaban J connectivity index is 1.42. The summed E-state index contributed by atoms with van der Waals surface area (Å²) >= 11 is 6.32. The van der Waals surface area contributed by atoms with Crippen LogP contribution in [0.1, 0.15) is 42.5 Å². The van der Waals surface area contributed by atoms with Crippen LogP contribution in [0.25, 0.3) is 0 Å². The van der Waals surface area contributed by atoms with Crippen LogP contribution < -0.4 is 9.47 Å². The molecule has 0 spiro atoms. The molecule has 8 nitrogen and oxygen atoms in total. The van der Waals surface area contributed by atoms with Gasteiger partial charge in [0.15, 0.2) is 11.5 Å². The Hall–Kier alpha value is -1.55. The molecule has 1 aromatic rings. The lowest BCUT2D eigenvalue weighted by molar-refractivity contribution is 0.0693. The first-order chi connectivity index (χ1) is 14.5. The van der Waals surface area contributed by atoms with E-state index in [0.717, 1.165) is 32.1 Å². The van der Waals surface area contributed by atoms with Gasteiger partial charge in [0.05, 0.1) is 18.2 Å². The number of hydrogen-bond donors (Lipinski definition) is 0. The highest BCUT2D eigenvalue weighted by Gasteiger charge is 2.34. The van der Waals surface area contributed by atoms with E-state index >= 15 is 0 Å². The average Bonchev–Trinajstić information content (AvgIpc) is 3.17. The maximum absolute atomic E-state index is 13.0. The van der Waals surface area contributed by atoms with Crippen LogP contribution in [0, 0.1) is 0 Å². The molecule has 2 fully saturated rings. The topological polar surface area (TPSA) is 79.4 Å². The molecule has 0 bridgehead atoms. The van der Waals surface area contributed by atoms with E-state index in [1.807, 2.05) is 0 Å². The zero-order valence-electron chi connectivity index (χ0n) is 17.0. The highest BCUT2D eigenvalue weighted by atomic mass is 35.5. The van der Waals surface area contributed by atoms with Crippen molar-refractivity contribution < 1.29 is 22.7 Å². The van der Waals surface area contributed by atoms with Gasteiger partial charge in [0, 0.05) is 51.3 Å². The van der Waals surface area contributed by atoms with Gasteiger partial charge in [0.1, 0.15) is 0 Å². The van der Waals surface area contributed by atoms with Crippen molar-refractivity contribution >= 4 is 27.7 Å². The van der Waals surface area contributed by atoms with Gasteiger partial charge in [-0.05, 0) is 25.0 Å². The fourth-order valence-electron chi connectivity index (χ4n) is 4.09. The highest BCUT2D eigenvalue weighted by Crippen LogP contribution is 2.38. The van der Waals surface area contributed by atoms with Crippen molar-refractivity contribution in [2.75, 3.05) is 52.5 Å². The number of ether oxygens (including phenoxy) is 2. The summed E-state index contributed by atoms with van der Waals surface area (Å²) in [6, 6.07) is 3.26. The number of hydrogen-bond acceptors (Lipinski definition) is 5. The lowest BCUT2D eigenvalue weighted by atomic mass is 10.1. The summed E-state index contributed by atoms with van der Waals surface area (Å²) in [4.78, 5) is 14.7. The summed E-state index contributed by atoms with van der Waals surface area (Å²) in [5.74, 6) is 0.768. The van der Waals surface area contributed by atoms with E-state index in [1.54, 1.807) is 21.3 Å². The van der Waals surface area contributed by atoms with Crippen molar-refractivity contribution in [2.45, 2.75) is 32.1 Å². The quantitative estimate of drug-likeness (QED) is 0.696. The highest BCUT2D eigenvalue weighted by molar-refractivity contribution is 7.86. The van der Waals surface area contributed by atoms with Crippen LogP contribution >= 0.6 is 11.6 Å². The predicted octanol–water partition coefficient (Wildman–Crippen LogP) is 2.38. The number of benzene rings is 1. The summed E-state index contributed by atoms with van der Waals surface area (Å²) in [5, 5.41) is 0.347. The third-order valence-electron chi connectivity index (χ3n) is 5.79. The number of nitrogens with zero attached hydrogens (tertiary/aromatic N) is 3. The maximum Gasteiger partial charge on any atom is 0.282 e. The van der Waals surface area contributed by atoms with Crippen molar-refractivity contribution in [3.8, 4) is 11.5 Å². The number of carbonyl (C=O) groups is 1. The Labute approximate surface area is 182 Å². The van der Waals surface area contributed by atoms with Gasteiger partial charge in [0.25, 0.3) is 16.1 Å². The molecule has 0 aliphatic carbocycles. The molecule has 0 saturated carbocycles. The van der Waals surface area contributed by atoms with Gasteiger partial charge in [-0.3, -0.25) is 4.79 Å². The van der Waals surface area contributed by atoms with E-state index < -0.39 is 10.2 Å². The Morgan fingerprint density at radius 2 is 1.47 bits per heavy atom. The standard InChI is InChI=1S/C20H28ClN3O5S/c21-17-14-16(15-18-19(17)29-13-5-12-28-18)20(25)22-8-10-24(11-9-22)30(26,27)23-6-3-1-2-4-7-23/h14-15H,1-13H2. The summed E-state index contributed by atoms with van der Waals surface area (Å²) in [7, 11) is -3.47. The minimum Gasteiger partial charge on any atom is -0.489 e. The monoisotopic (exact) mass is 457 g/mol. The zero-order valence-corrected chi connectivity index (χ0v) is 18.6. The molecular weight excluding hydrogens is 430 g/mol. The van der Waals surface area contributed by atoms with E-state index in [1.165, 1.54) is 4.31 Å². The molecular formula is C20H28ClN3O5S. The summed E-state index contributed by atoms with van der Waals surface area (Å²) < 4.78 is 40.3. The fraction of sp³-hybridized carbons (Fsp3) is 0.650. The third-order valence-corrected chi connectivity index (χ3v) is 8.11. The molecule has 0 radical (unpaired) electrons. The first-order valence-corrected chi connectivity index (χ1v) is 12.4. The minimum atomic E-state index is -3.47. The van der Waals surface area contributed by atoms with Crippen LogP contribution in [0.4, 0.5) is 0 Å². The van der Waals surface area contributed by atoms with E-state index in [2.05, 4.69) is 0 Å². The van der Waals surface area contributed by atoms with Crippen molar-refractivity contribution in [1.82, 2.24) is 13.5 Å². The molecule has 3 aliphatic rings. The second kappa shape index (κ2) is 9.30. The SMILES string of the molecule is O=C(c1cc(Cl)c2c(c1)OCCCO2)N1CCN(S(=O)(=O)N2CCCCCC2)CC1. The second-order valence-corrected chi connectivity index (χ2v) is 10.2. The molecule has 0 N–H and O–H groups in total. The van der Waals surface area contributed by atoms with Gasteiger partial charge in [-0.1, -0.05) is 24.4 Å². The van der Waals surface area contributed by atoms with E-state index in [4.69, 9.17) is 21.1 Å². The van der Waals surface area contributed by atoms with Gasteiger partial charge in [-0.25, -0.2) is 0 Å². The van der Waals surface area contributed by atoms with Gasteiger partial charge >= 0.3 is 0 Å². The van der Waals surface area contributed by atoms with Crippen LogP contribution in [-0.2, 0) is 10.2 Å². The van der Waals surface area contributed by atoms with Crippen LogP contribution in [-0.4, -0.2) is 80.3 Å². The lowest BCUT2D eigenvalue weighted by Crippen LogP contribution is -2.54. The Morgan fingerprint density at radius 1 is 0.833 bits per heavy atom. The zero-order chi connectivity index (χ0) is 21.1. The molecule has 0 aromatic heterocycles. The Kier molecular flexibility index (Phi) is 6.72. The number of halogens is 1.